The second-order valence-electron chi connectivity index (χ2n) is 4.57. The van der Waals surface area contributed by atoms with Crippen molar-refractivity contribution in [1.82, 2.24) is 14.5 Å². The number of rotatable bonds is 6. The third kappa shape index (κ3) is 3.43. The van der Waals surface area contributed by atoms with Crippen molar-refractivity contribution < 1.29 is 13.2 Å². The Labute approximate surface area is 124 Å². The Morgan fingerprint density at radius 1 is 1.33 bits per heavy atom. The first kappa shape index (κ1) is 15.5. The highest BCUT2D eigenvalue weighted by Crippen LogP contribution is 2.19. The summed E-state index contributed by atoms with van der Waals surface area (Å²) in [7, 11) is -2.03. The molecule has 0 saturated carbocycles. The van der Waals surface area contributed by atoms with E-state index in [1.165, 1.54) is 0 Å². The topological polar surface area (TPSA) is 73.2 Å². The number of para-hydroxylation sites is 1. The molecule has 0 aliphatic carbocycles. The van der Waals surface area contributed by atoms with Crippen molar-refractivity contribution in [3.63, 3.8) is 0 Å². The molecular weight excluding hydrogens is 290 g/mol. The molecule has 0 aliphatic rings. The summed E-state index contributed by atoms with van der Waals surface area (Å²) in [6, 6.07) is 7.30. The zero-order chi connectivity index (χ0) is 15.5. The Morgan fingerprint density at radius 3 is 2.67 bits per heavy atom. The molecule has 1 aromatic carbocycles. The highest BCUT2D eigenvalue weighted by Gasteiger charge is 2.20. The van der Waals surface area contributed by atoms with Crippen LogP contribution < -0.4 is 9.46 Å². The van der Waals surface area contributed by atoms with Crippen molar-refractivity contribution in [2.24, 2.45) is 0 Å². The largest absolute Gasteiger partial charge is 0.496 e. The summed E-state index contributed by atoms with van der Waals surface area (Å²) < 4.78 is 34.1. The summed E-state index contributed by atoms with van der Waals surface area (Å²) in [6.45, 7) is 4.39. The Bertz CT molecular complexity index is 723. The number of benzene rings is 1. The Hall–Kier alpha value is -1.86. The third-order valence-corrected chi connectivity index (χ3v) is 4.66. The molecule has 1 N–H and O–H groups in total. The number of aromatic nitrogens is 2. The SMILES string of the molecule is CCn1cc(S(=O)(=O)NCc2ccccc2OC)c(C)n1. The van der Waals surface area contributed by atoms with Crippen molar-refractivity contribution in [2.75, 3.05) is 7.11 Å². The van der Waals surface area contributed by atoms with Gasteiger partial charge in [-0.1, -0.05) is 18.2 Å². The summed E-state index contributed by atoms with van der Waals surface area (Å²) in [6.07, 6.45) is 1.54. The molecule has 1 aromatic heterocycles. The van der Waals surface area contributed by atoms with Crippen LogP contribution in [0.15, 0.2) is 35.4 Å². The van der Waals surface area contributed by atoms with Gasteiger partial charge in [0.2, 0.25) is 10.0 Å². The van der Waals surface area contributed by atoms with Crippen LogP contribution in [0.2, 0.25) is 0 Å². The van der Waals surface area contributed by atoms with Gasteiger partial charge in [0.05, 0.1) is 12.8 Å². The fraction of sp³-hybridized carbons (Fsp3) is 0.357. The van der Waals surface area contributed by atoms with Crippen LogP contribution in [0, 0.1) is 6.92 Å². The average Bonchev–Trinajstić information content (AvgIpc) is 2.87. The smallest absolute Gasteiger partial charge is 0.244 e. The maximum atomic E-state index is 12.3. The molecule has 0 fully saturated rings. The lowest BCUT2D eigenvalue weighted by Gasteiger charge is -2.09. The second kappa shape index (κ2) is 6.28. The number of hydrogen-bond donors (Lipinski definition) is 1. The third-order valence-electron chi connectivity index (χ3n) is 3.16. The summed E-state index contributed by atoms with van der Waals surface area (Å²) in [4.78, 5) is 0.208. The van der Waals surface area contributed by atoms with Gasteiger partial charge in [0.25, 0.3) is 0 Å². The molecule has 0 spiro atoms. The molecule has 6 nitrogen and oxygen atoms in total. The molecule has 2 aromatic rings. The molecule has 0 bridgehead atoms. The van der Waals surface area contributed by atoms with E-state index in [-0.39, 0.29) is 11.4 Å². The summed E-state index contributed by atoms with van der Waals surface area (Å²) >= 11 is 0. The van der Waals surface area contributed by atoms with Crippen molar-refractivity contribution >= 4 is 10.0 Å². The van der Waals surface area contributed by atoms with Gasteiger partial charge in [0.1, 0.15) is 10.6 Å². The van der Waals surface area contributed by atoms with Crippen LogP contribution in [0.5, 0.6) is 5.75 Å². The Kier molecular flexibility index (Phi) is 4.64. The van der Waals surface area contributed by atoms with Gasteiger partial charge in [0.15, 0.2) is 0 Å². The summed E-state index contributed by atoms with van der Waals surface area (Å²) in [5.41, 5.74) is 1.27. The molecule has 0 saturated heterocycles. The van der Waals surface area contributed by atoms with Gasteiger partial charge in [-0.2, -0.15) is 5.10 Å². The molecule has 2 rings (SSSR count). The maximum Gasteiger partial charge on any atom is 0.244 e. The van der Waals surface area contributed by atoms with Crippen LogP contribution in [-0.2, 0) is 23.1 Å². The first-order valence-corrected chi connectivity index (χ1v) is 8.12. The van der Waals surface area contributed by atoms with Crippen LogP contribution in [-0.4, -0.2) is 25.3 Å². The highest BCUT2D eigenvalue weighted by atomic mass is 32.2. The van der Waals surface area contributed by atoms with Gasteiger partial charge in [-0.15, -0.1) is 0 Å². The number of methoxy groups -OCH3 is 1. The fourth-order valence-corrected chi connectivity index (χ4v) is 3.22. The second-order valence-corrected chi connectivity index (χ2v) is 6.31. The van der Waals surface area contributed by atoms with Gasteiger partial charge >= 0.3 is 0 Å². The number of hydrogen-bond acceptors (Lipinski definition) is 4. The first-order valence-electron chi connectivity index (χ1n) is 6.63. The molecule has 0 atom stereocenters. The summed E-state index contributed by atoms with van der Waals surface area (Å²) in [5.74, 6) is 0.654. The molecule has 114 valence electrons. The average molecular weight is 309 g/mol. The normalized spacial score (nSPS) is 11.6. The van der Waals surface area contributed by atoms with Crippen LogP contribution in [0.25, 0.3) is 0 Å². The number of sulfonamides is 1. The summed E-state index contributed by atoms with van der Waals surface area (Å²) in [5, 5.41) is 4.16. The molecule has 7 heteroatoms. The van der Waals surface area contributed by atoms with Crippen molar-refractivity contribution in [1.29, 1.82) is 0 Å². The van der Waals surface area contributed by atoms with E-state index in [1.807, 2.05) is 25.1 Å². The maximum absolute atomic E-state index is 12.3. The van der Waals surface area contributed by atoms with Gasteiger partial charge in [-0.3, -0.25) is 4.68 Å². The molecule has 0 unspecified atom stereocenters. The molecule has 1 heterocycles. The van der Waals surface area contributed by atoms with Crippen molar-refractivity contribution in [2.45, 2.75) is 31.8 Å². The van der Waals surface area contributed by atoms with E-state index in [4.69, 9.17) is 4.74 Å². The van der Waals surface area contributed by atoms with Crippen molar-refractivity contribution in [3.05, 3.63) is 41.7 Å². The van der Waals surface area contributed by atoms with Crippen LogP contribution in [0.1, 0.15) is 18.2 Å². The predicted octanol–water partition coefficient (Wildman–Crippen LogP) is 1.70. The van der Waals surface area contributed by atoms with E-state index >= 15 is 0 Å². The lowest BCUT2D eigenvalue weighted by Crippen LogP contribution is -2.23. The minimum absolute atomic E-state index is 0.170. The van der Waals surface area contributed by atoms with E-state index in [1.54, 1.807) is 31.0 Å². The quantitative estimate of drug-likeness (QED) is 0.881. The van der Waals surface area contributed by atoms with E-state index < -0.39 is 10.0 Å². The van der Waals surface area contributed by atoms with Gasteiger partial charge in [0, 0.05) is 24.8 Å². The zero-order valence-electron chi connectivity index (χ0n) is 12.3. The minimum atomic E-state index is -3.59. The van der Waals surface area contributed by atoms with Crippen LogP contribution in [0.4, 0.5) is 0 Å². The lowest BCUT2D eigenvalue weighted by molar-refractivity contribution is 0.409. The molecule has 0 radical (unpaired) electrons. The van der Waals surface area contributed by atoms with E-state index in [9.17, 15) is 8.42 Å². The van der Waals surface area contributed by atoms with Gasteiger partial charge < -0.3 is 4.74 Å². The Morgan fingerprint density at radius 2 is 2.05 bits per heavy atom. The molecule has 0 aliphatic heterocycles. The number of ether oxygens (including phenoxy) is 1. The highest BCUT2D eigenvalue weighted by molar-refractivity contribution is 7.89. The molecule has 0 amide bonds. The minimum Gasteiger partial charge on any atom is -0.496 e. The standard InChI is InChI=1S/C14H19N3O3S/c1-4-17-10-14(11(2)16-17)21(18,19)15-9-12-7-5-6-8-13(12)20-3/h5-8,10,15H,4,9H2,1-3H3. The van der Waals surface area contributed by atoms with Crippen molar-refractivity contribution in [3.8, 4) is 5.75 Å². The number of nitrogens with one attached hydrogen (secondary N) is 1. The van der Waals surface area contributed by atoms with Gasteiger partial charge in [-0.25, -0.2) is 13.1 Å². The predicted molar refractivity (Wildman–Crippen MR) is 79.7 cm³/mol. The zero-order valence-corrected chi connectivity index (χ0v) is 13.1. The van der Waals surface area contributed by atoms with E-state index in [0.29, 0.717) is 18.0 Å². The van der Waals surface area contributed by atoms with E-state index in [2.05, 4.69) is 9.82 Å². The monoisotopic (exact) mass is 309 g/mol. The van der Waals surface area contributed by atoms with Crippen LogP contribution >= 0.6 is 0 Å². The number of aryl methyl sites for hydroxylation is 2. The first-order chi connectivity index (χ1) is 9.97. The molecular formula is C14H19N3O3S. The Balaban J connectivity index is 2.20. The van der Waals surface area contributed by atoms with Gasteiger partial charge in [-0.05, 0) is 19.9 Å². The van der Waals surface area contributed by atoms with Crippen LogP contribution in [0.3, 0.4) is 0 Å². The molecule has 21 heavy (non-hydrogen) atoms. The van der Waals surface area contributed by atoms with E-state index in [0.717, 1.165) is 5.56 Å². The fourth-order valence-electron chi connectivity index (χ4n) is 2.02. The number of nitrogens with zero attached hydrogens (tertiary/aromatic N) is 2. The lowest BCUT2D eigenvalue weighted by atomic mass is 10.2.